The second kappa shape index (κ2) is 8.26. The van der Waals surface area contributed by atoms with Crippen molar-refractivity contribution < 1.29 is 13.6 Å². The van der Waals surface area contributed by atoms with E-state index in [1.807, 2.05) is 24.3 Å². The molecule has 1 aliphatic heterocycles. The number of piperazine rings is 1. The van der Waals surface area contributed by atoms with Crippen molar-refractivity contribution in [1.82, 2.24) is 14.7 Å². The van der Waals surface area contributed by atoms with Crippen LogP contribution in [0.3, 0.4) is 0 Å². The quantitative estimate of drug-likeness (QED) is 0.467. The second-order valence-corrected chi connectivity index (χ2v) is 7.35. The molecular weight excluding hydrogens is 391 g/mol. The summed E-state index contributed by atoms with van der Waals surface area (Å²) in [6.45, 7) is 5.43. The minimum atomic E-state index is -0.389. The number of halogens is 1. The fourth-order valence-corrected chi connectivity index (χ4v) is 3.56. The molecule has 0 radical (unpaired) electrons. The zero-order valence-corrected chi connectivity index (χ0v) is 16.9. The van der Waals surface area contributed by atoms with E-state index in [1.54, 1.807) is 29.8 Å². The summed E-state index contributed by atoms with van der Waals surface area (Å²) < 4.78 is 21.1. The predicted molar refractivity (Wildman–Crippen MR) is 111 cm³/mol. The van der Waals surface area contributed by atoms with E-state index in [0.717, 1.165) is 37.4 Å². The molecule has 3 aromatic rings. The lowest BCUT2D eigenvalue weighted by Gasteiger charge is -2.35. The number of Topliss-reactive ketones (excluding diaryl/α,β-unsaturated/α-hetero) is 1. The first-order valence-corrected chi connectivity index (χ1v) is 9.83. The molecule has 0 unspecified atom stereocenters. The summed E-state index contributed by atoms with van der Waals surface area (Å²) in [6, 6.07) is 14.1. The van der Waals surface area contributed by atoms with Crippen molar-refractivity contribution in [3.63, 3.8) is 0 Å². The zero-order valence-electron chi connectivity index (χ0n) is 16.0. The number of carbonyl (C=O) groups excluding carboxylic acids is 1. The van der Waals surface area contributed by atoms with E-state index >= 15 is 0 Å². The number of carbonyl (C=O) groups is 1. The lowest BCUT2D eigenvalue weighted by atomic mass is 10.1. The van der Waals surface area contributed by atoms with Gasteiger partial charge in [-0.1, -0.05) is 12.1 Å². The Morgan fingerprint density at radius 3 is 2.45 bits per heavy atom. The number of anilines is 1. The molecule has 0 aliphatic carbocycles. The van der Waals surface area contributed by atoms with Gasteiger partial charge in [-0.2, -0.15) is 0 Å². The molecule has 1 fully saturated rings. The van der Waals surface area contributed by atoms with Gasteiger partial charge in [0.1, 0.15) is 5.82 Å². The number of aromatic nitrogens is 2. The van der Waals surface area contributed by atoms with Crippen LogP contribution in [0.25, 0.3) is 11.5 Å². The van der Waals surface area contributed by atoms with Gasteiger partial charge in [0.05, 0.1) is 12.2 Å². The maximum Gasteiger partial charge on any atom is 0.288 e. The third kappa shape index (κ3) is 4.28. The third-order valence-electron chi connectivity index (χ3n) is 5.06. The Labute approximate surface area is 173 Å². The number of nitrogens with zero attached hydrogens (tertiary/aromatic N) is 4. The van der Waals surface area contributed by atoms with Gasteiger partial charge in [0.25, 0.3) is 4.84 Å². The van der Waals surface area contributed by atoms with E-state index in [0.29, 0.717) is 12.2 Å². The molecule has 8 heteroatoms. The summed E-state index contributed by atoms with van der Waals surface area (Å²) in [4.78, 5) is 16.2. The molecule has 1 aliphatic rings. The first kappa shape index (κ1) is 19.5. The summed E-state index contributed by atoms with van der Waals surface area (Å²) in [6.07, 6.45) is 0. The van der Waals surface area contributed by atoms with Crippen LogP contribution in [0.5, 0.6) is 0 Å². The fourth-order valence-electron chi connectivity index (χ4n) is 3.38. The minimum Gasteiger partial charge on any atom is -0.409 e. The Bertz CT molecular complexity index is 1070. The van der Waals surface area contributed by atoms with Gasteiger partial charge in [0.15, 0.2) is 5.78 Å². The second-order valence-electron chi connectivity index (χ2n) is 7.00. The molecule has 2 heterocycles. The highest BCUT2D eigenvalue weighted by Crippen LogP contribution is 2.22. The molecule has 0 amide bonds. The van der Waals surface area contributed by atoms with E-state index in [4.69, 9.17) is 16.6 Å². The van der Waals surface area contributed by atoms with E-state index < -0.39 is 0 Å². The lowest BCUT2D eigenvalue weighted by Crippen LogP contribution is -2.46. The summed E-state index contributed by atoms with van der Waals surface area (Å²) >= 11 is 5.26. The molecule has 4 rings (SSSR count). The van der Waals surface area contributed by atoms with Gasteiger partial charge in [0, 0.05) is 37.4 Å². The first-order valence-electron chi connectivity index (χ1n) is 9.42. The van der Waals surface area contributed by atoms with Crippen LogP contribution in [-0.4, -0.2) is 46.6 Å². The summed E-state index contributed by atoms with van der Waals surface area (Å²) in [5.41, 5.74) is 2.13. The van der Waals surface area contributed by atoms with Gasteiger partial charge < -0.3 is 9.32 Å². The lowest BCUT2D eigenvalue weighted by molar-refractivity contribution is 0.101. The van der Waals surface area contributed by atoms with Gasteiger partial charge in [-0.05, 0) is 55.5 Å². The van der Waals surface area contributed by atoms with Crippen molar-refractivity contribution in [2.24, 2.45) is 0 Å². The summed E-state index contributed by atoms with van der Waals surface area (Å²) in [5, 5.41) is 4.36. The monoisotopic (exact) mass is 412 g/mol. The number of hydrogen-bond donors (Lipinski definition) is 0. The van der Waals surface area contributed by atoms with Gasteiger partial charge in [-0.25, -0.2) is 9.07 Å². The van der Waals surface area contributed by atoms with Gasteiger partial charge in [-0.3, -0.25) is 9.69 Å². The third-order valence-corrected chi connectivity index (χ3v) is 5.35. The Morgan fingerprint density at radius 1 is 1.10 bits per heavy atom. The van der Waals surface area contributed by atoms with Crippen molar-refractivity contribution in [3.05, 3.63) is 64.7 Å². The van der Waals surface area contributed by atoms with Crippen LogP contribution >= 0.6 is 12.2 Å². The Balaban J connectivity index is 1.39. The van der Waals surface area contributed by atoms with Crippen LogP contribution in [0.1, 0.15) is 17.3 Å². The molecule has 0 atom stereocenters. The maximum absolute atomic E-state index is 14.0. The van der Waals surface area contributed by atoms with Crippen LogP contribution in [0, 0.1) is 10.7 Å². The van der Waals surface area contributed by atoms with Crippen molar-refractivity contribution in [2.75, 3.05) is 31.1 Å². The summed E-state index contributed by atoms with van der Waals surface area (Å²) in [5.74, 6) is -0.127. The predicted octanol–water partition coefficient (Wildman–Crippen LogP) is 3.99. The number of benzene rings is 2. The van der Waals surface area contributed by atoms with Crippen LogP contribution in [0.2, 0.25) is 0 Å². The number of ketones is 1. The van der Waals surface area contributed by atoms with E-state index in [-0.39, 0.29) is 22.3 Å². The molecule has 0 N–H and O–H groups in total. The van der Waals surface area contributed by atoms with Crippen LogP contribution in [0.4, 0.5) is 10.1 Å². The standard InChI is InChI=1S/C21H21FN4O2S/c1-15(27)16-6-8-17(9-7-16)25-12-10-24(11-13-25)14-26-21(29)28-20(23-26)18-4-2-3-5-19(18)22/h2-9H,10-14H2,1H3. The highest BCUT2D eigenvalue weighted by molar-refractivity contribution is 7.71. The molecule has 0 bridgehead atoms. The van der Waals surface area contributed by atoms with Crippen molar-refractivity contribution in [3.8, 4) is 11.5 Å². The molecule has 0 spiro atoms. The van der Waals surface area contributed by atoms with Crippen LogP contribution in [0.15, 0.2) is 52.9 Å². The van der Waals surface area contributed by atoms with Crippen LogP contribution in [-0.2, 0) is 6.67 Å². The normalized spacial score (nSPS) is 14.9. The van der Waals surface area contributed by atoms with Crippen molar-refractivity contribution >= 4 is 23.7 Å². The maximum atomic E-state index is 14.0. The molecule has 1 saturated heterocycles. The Kier molecular flexibility index (Phi) is 5.55. The van der Waals surface area contributed by atoms with E-state index in [1.165, 1.54) is 6.07 Å². The SMILES string of the molecule is CC(=O)c1ccc(N2CCN(Cn3nc(-c4ccccc4F)oc3=S)CC2)cc1. The topological polar surface area (TPSA) is 54.5 Å². The van der Waals surface area contributed by atoms with Gasteiger partial charge in [-0.15, -0.1) is 5.10 Å². The first-order chi connectivity index (χ1) is 14.0. The Hall–Kier alpha value is -2.84. The molecule has 2 aromatic carbocycles. The van der Waals surface area contributed by atoms with Crippen molar-refractivity contribution in [1.29, 1.82) is 0 Å². The van der Waals surface area contributed by atoms with Gasteiger partial charge in [0.2, 0.25) is 5.89 Å². The molecule has 1 aromatic heterocycles. The smallest absolute Gasteiger partial charge is 0.288 e. The number of rotatable bonds is 5. The molecule has 150 valence electrons. The minimum absolute atomic E-state index is 0.0699. The molecule has 29 heavy (non-hydrogen) atoms. The van der Waals surface area contributed by atoms with Crippen molar-refractivity contribution in [2.45, 2.75) is 13.6 Å². The molecule has 6 nitrogen and oxygen atoms in total. The Morgan fingerprint density at radius 2 is 1.79 bits per heavy atom. The fraction of sp³-hybridized carbons (Fsp3) is 0.286. The largest absolute Gasteiger partial charge is 0.409 e. The highest BCUT2D eigenvalue weighted by atomic mass is 32.1. The van der Waals surface area contributed by atoms with Gasteiger partial charge >= 0.3 is 0 Å². The highest BCUT2D eigenvalue weighted by Gasteiger charge is 2.19. The van der Waals surface area contributed by atoms with E-state index in [2.05, 4.69) is 14.9 Å². The average Bonchev–Trinajstić information content (AvgIpc) is 3.09. The number of hydrogen-bond acceptors (Lipinski definition) is 6. The zero-order chi connectivity index (χ0) is 20.4. The summed E-state index contributed by atoms with van der Waals surface area (Å²) in [7, 11) is 0. The molecular formula is C21H21FN4O2S. The van der Waals surface area contributed by atoms with E-state index in [9.17, 15) is 9.18 Å². The average molecular weight is 412 g/mol. The van der Waals surface area contributed by atoms with Crippen LogP contribution < -0.4 is 4.90 Å². The molecule has 0 saturated carbocycles.